The van der Waals surface area contributed by atoms with E-state index in [4.69, 9.17) is 14.2 Å². The first-order valence-corrected chi connectivity index (χ1v) is 8.31. The molecule has 2 rings (SSSR count). The average molecular weight is 387 g/mol. The van der Waals surface area contributed by atoms with Crippen molar-refractivity contribution in [3.05, 3.63) is 59.2 Å². The number of amides is 1. The summed E-state index contributed by atoms with van der Waals surface area (Å²) in [6.07, 6.45) is 0. The molecule has 0 saturated carbocycles. The van der Waals surface area contributed by atoms with Crippen molar-refractivity contribution in [3.8, 4) is 11.5 Å². The lowest BCUT2D eigenvalue weighted by Crippen LogP contribution is -2.30. The van der Waals surface area contributed by atoms with Crippen LogP contribution < -0.4 is 14.8 Å². The minimum Gasteiger partial charge on any atom is -0.497 e. The first-order chi connectivity index (χ1) is 13.5. The predicted octanol–water partition coefficient (Wildman–Crippen LogP) is 1.96. The Kier molecular flexibility index (Phi) is 7.38. The molecule has 1 amide bonds. The highest BCUT2D eigenvalue weighted by atomic mass is 16.5. The third-order valence-electron chi connectivity index (χ3n) is 3.78. The maximum absolute atomic E-state index is 12.2. The maximum atomic E-state index is 12.2. The van der Waals surface area contributed by atoms with E-state index in [2.05, 4.69) is 10.1 Å². The minimum atomic E-state index is -0.597. The molecule has 2 aromatic carbocycles. The normalized spacial score (nSPS) is 9.96. The van der Waals surface area contributed by atoms with Crippen LogP contribution in [-0.4, -0.2) is 45.7 Å². The Hall–Kier alpha value is -3.55. The molecule has 0 radical (unpaired) electrons. The van der Waals surface area contributed by atoms with Gasteiger partial charge in [0, 0.05) is 11.6 Å². The molecule has 0 bridgehead atoms. The Morgan fingerprint density at radius 3 is 2.00 bits per heavy atom. The van der Waals surface area contributed by atoms with E-state index >= 15 is 0 Å². The van der Waals surface area contributed by atoms with Gasteiger partial charge < -0.3 is 24.3 Å². The Bertz CT molecular complexity index is 824. The van der Waals surface area contributed by atoms with Crippen molar-refractivity contribution >= 4 is 17.8 Å². The zero-order valence-corrected chi connectivity index (χ0v) is 15.8. The van der Waals surface area contributed by atoms with Crippen molar-refractivity contribution in [2.75, 3.05) is 27.9 Å². The average Bonchev–Trinajstić information content (AvgIpc) is 2.75. The first-order valence-electron chi connectivity index (χ1n) is 8.31. The summed E-state index contributed by atoms with van der Waals surface area (Å²) in [6, 6.07) is 11.2. The van der Waals surface area contributed by atoms with Crippen molar-refractivity contribution < 1.29 is 33.3 Å². The molecule has 0 unspecified atom stereocenters. The number of hydrogen-bond acceptors (Lipinski definition) is 7. The highest BCUT2D eigenvalue weighted by molar-refractivity contribution is 5.96. The van der Waals surface area contributed by atoms with Crippen LogP contribution >= 0.6 is 0 Å². The van der Waals surface area contributed by atoms with Crippen LogP contribution in [0, 0.1) is 0 Å². The predicted molar refractivity (Wildman–Crippen MR) is 99.5 cm³/mol. The molecule has 148 valence electrons. The fraction of sp³-hybridized carbons (Fsp3) is 0.250. The van der Waals surface area contributed by atoms with Gasteiger partial charge in [-0.3, -0.25) is 9.59 Å². The lowest BCUT2D eigenvalue weighted by atomic mass is 10.1. The minimum absolute atomic E-state index is 0.0170. The lowest BCUT2D eigenvalue weighted by molar-refractivity contribution is -0.143. The van der Waals surface area contributed by atoms with Gasteiger partial charge >= 0.3 is 11.9 Å². The van der Waals surface area contributed by atoms with E-state index in [1.165, 1.54) is 33.5 Å². The smallest absolute Gasteiger partial charge is 0.337 e. The Morgan fingerprint density at radius 1 is 0.857 bits per heavy atom. The summed E-state index contributed by atoms with van der Waals surface area (Å²) in [7, 11) is 4.25. The summed E-state index contributed by atoms with van der Waals surface area (Å²) in [5.41, 5.74) is 1.39. The van der Waals surface area contributed by atoms with E-state index in [0.717, 1.165) is 0 Å². The molecule has 2 aromatic rings. The van der Waals surface area contributed by atoms with Gasteiger partial charge in [-0.1, -0.05) is 12.1 Å². The van der Waals surface area contributed by atoms with E-state index in [-0.39, 0.29) is 13.2 Å². The molecule has 0 aromatic heterocycles. The van der Waals surface area contributed by atoms with Gasteiger partial charge in [-0.15, -0.1) is 0 Å². The zero-order valence-electron chi connectivity index (χ0n) is 15.8. The molecule has 0 aliphatic carbocycles. The Morgan fingerprint density at radius 2 is 1.46 bits per heavy atom. The van der Waals surface area contributed by atoms with Gasteiger partial charge in [0.2, 0.25) is 0 Å². The van der Waals surface area contributed by atoms with Gasteiger partial charge in [0.05, 0.1) is 26.9 Å². The van der Waals surface area contributed by atoms with Crippen molar-refractivity contribution in [3.63, 3.8) is 0 Å². The lowest BCUT2D eigenvalue weighted by Gasteiger charge is -2.09. The molecule has 1 N–H and O–H groups in total. The van der Waals surface area contributed by atoms with Crippen LogP contribution in [-0.2, 0) is 20.9 Å². The zero-order chi connectivity index (χ0) is 20.5. The second kappa shape index (κ2) is 9.96. The van der Waals surface area contributed by atoms with Gasteiger partial charge in [0.15, 0.2) is 0 Å². The van der Waals surface area contributed by atoms with Crippen LogP contribution in [0.1, 0.15) is 26.3 Å². The van der Waals surface area contributed by atoms with Crippen LogP contribution in [0.2, 0.25) is 0 Å². The van der Waals surface area contributed by atoms with Gasteiger partial charge in [-0.05, 0) is 29.8 Å². The van der Waals surface area contributed by atoms with Crippen molar-refractivity contribution in [1.82, 2.24) is 5.32 Å². The summed E-state index contributed by atoms with van der Waals surface area (Å²) in [5.74, 6) is -0.581. The number of carbonyl (C=O) groups excluding carboxylic acids is 3. The van der Waals surface area contributed by atoms with Crippen molar-refractivity contribution in [1.29, 1.82) is 0 Å². The molecular weight excluding hydrogens is 366 g/mol. The molecule has 8 heteroatoms. The summed E-state index contributed by atoms with van der Waals surface area (Å²) < 4.78 is 19.9. The summed E-state index contributed by atoms with van der Waals surface area (Å²) in [6.45, 7) is -0.276. The fourth-order valence-corrected chi connectivity index (χ4v) is 2.26. The van der Waals surface area contributed by atoms with Gasteiger partial charge in [-0.25, -0.2) is 4.79 Å². The number of carbonyl (C=O) groups is 3. The molecule has 0 spiro atoms. The number of nitrogens with one attached hydrogen (secondary N) is 1. The monoisotopic (exact) mass is 387 g/mol. The molecule has 0 atom stereocenters. The summed E-state index contributed by atoms with van der Waals surface area (Å²) in [4.78, 5) is 35.4. The molecule has 0 heterocycles. The number of esters is 2. The highest BCUT2D eigenvalue weighted by Crippen LogP contribution is 2.22. The van der Waals surface area contributed by atoms with E-state index in [0.29, 0.717) is 28.2 Å². The maximum Gasteiger partial charge on any atom is 0.337 e. The van der Waals surface area contributed by atoms with Crippen molar-refractivity contribution in [2.24, 2.45) is 0 Å². The number of hydrogen-bond donors (Lipinski definition) is 1. The second-order valence-electron chi connectivity index (χ2n) is 5.63. The largest absolute Gasteiger partial charge is 0.497 e. The standard InChI is InChI=1S/C20H21NO7/c1-25-16-8-15(9-17(10-16)26-2)19(23)21-11-18(22)28-12-13-4-6-14(7-5-13)20(24)27-3/h4-10H,11-12H2,1-3H3,(H,21,23). The van der Waals surface area contributed by atoms with Crippen LogP contribution in [0.15, 0.2) is 42.5 Å². The van der Waals surface area contributed by atoms with Crippen LogP contribution in [0.25, 0.3) is 0 Å². The molecular formula is C20H21NO7. The van der Waals surface area contributed by atoms with E-state index < -0.39 is 17.8 Å². The quantitative estimate of drug-likeness (QED) is 0.691. The van der Waals surface area contributed by atoms with Crippen LogP contribution in [0.3, 0.4) is 0 Å². The molecule has 0 aliphatic rings. The van der Waals surface area contributed by atoms with Gasteiger partial charge in [0.1, 0.15) is 24.7 Å². The number of ether oxygens (including phenoxy) is 4. The van der Waals surface area contributed by atoms with Crippen LogP contribution in [0.4, 0.5) is 0 Å². The SMILES string of the molecule is COC(=O)c1ccc(COC(=O)CNC(=O)c2cc(OC)cc(OC)c2)cc1. The highest BCUT2D eigenvalue weighted by Gasteiger charge is 2.12. The molecule has 0 fully saturated rings. The molecule has 8 nitrogen and oxygen atoms in total. The number of rotatable bonds is 8. The van der Waals surface area contributed by atoms with Gasteiger partial charge in [-0.2, -0.15) is 0 Å². The van der Waals surface area contributed by atoms with Crippen LogP contribution in [0.5, 0.6) is 11.5 Å². The number of methoxy groups -OCH3 is 3. The first kappa shape index (κ1) is 20.8. The number of benzene rings is 2. The van der Waals surface area contributed by atoms with Gasteiger partial charge in [0.25, 0.3) is 5.91 Å². The topological polar surface area (TPSA) is 100 Å². The van der Waals surface area contributed by atoms with E-state index in [9.17, 15) is 14.4 Å². The van der Waals surface area contributed by atoms with E-state index in [1.54, 1.807) is 30.3 Å². The molecule has 0 aliphatic heterocycles. The Labute approximate surface area is 162 Å². The second-order valence-corrected chi connectivity index (χ2v) is 5.63. The molecule has 28 heavy (non-hydrogen) atoms. The third-order valence-corrected chi connectivity index (χ3v) is 3.78. The summed E-state index contributed by atoms with van der Waals surface area (Å²) in [5, 5.41) is 2.48. The van der Waals surface area contributed by atoms with E-state index in [1.807, 2.05) is 0 Å². The third kappa shape index (κ3) is 5.73. The molecule has 0 saturated heterocycles. The Balaban J connectivity index is 1.85. The fourth-order valence-electron chi connectivity index (χ4n) is 2.26. The van der Waals surface area contributed by atoms with Crippen molar-refractivity contribution in [2.45, 2.75) is 6.61 Å². The summed E-state index contributed by atoms with van der Waals surface area (Å²) >= 11 is 0.